The highest BCUT2D eigenvalue weighted by Gasteiger charge is 2.27. The van der Waals surface area contributed by atoms with E-state index in [9.17, 15) is 4.39 Å². The number of halogens is 1. The molecule has 1 aromatic carbocycles. The van der Waals surface area contributed by atoms with E-state index in [-0.39, 0.29) is 5.82 Å². The highest BCUT2D eigenvalue weighted by atomic mass is 19.1. The van der Waals surface area contributed by atoms with Crippen LogP contribution in [0.5, 0.6) is 11.6 Å². The zero-order chi connectivity index (χ0) is 16.8. The molecule has 0 bridgehead atoms. The number of pyridine rings is 1. The van der Waals surface area contributed by atoms with Crippen molar-refractivity contribution in [2.75, 3.05) is 26.3 Å². The predicted octanol–water partition coefficient (Wildman–Crippen LogP) is 3.39. The summed E-state index contributed by atoms with van der Waals surface area (Å²) in [5.41, 5.74) is 1.17. The van der Waals surface area contributed by atoms with Crippen molar-refractivity contribution >= 4 is 0 Å². The van der Waals surface area contributed by atoms with Crippen LogP contribution in [-0.4, -0.2) is 31.3 Å². The van der Waals surface area contributed by atoms with Gasteiger partial charge in [0.2, 0.25) is 0 Å². The summed E-state index contributed by atoms with van der Waals surface area (Å²) in [6.07, 6.45) is 2.71. The molecule has 0 radical (unpaired) electrons. The van der Waals surface area contributed by atoms with E-state index in [4.69, 9.17) is 9.47 Å². The van der Waals surface area contributed by atoms with Crippen molar-refractivity contribution in [2.24, 2.45) is 5.92 Å². The first-order chi connectivity index (χ1) is 11.8. The van der Waals surface area contributed by atoms with Crippen LogP contribution >= 0.6 is 0 Å². The molecule has 1 saturated heterocycles. The first-order valence-electron chi connectivity index (χ1n) is 8.44. The number of hydrogen-bond donors (Lipinski definition) is 1. The summed E-state index contributed by atoms with van der Waals surface area (Å²) in [4.78, 5) is 4.21. The van der Waals surface area contributed by atoms with E-state index in [1.807, 2.05) is 31.2 Å². The zero-order valence-electron chi connectivity index (χ0n) is 13.9. The lowest BCUT2D eigenvalue weighted by atomic mass is 9.81. The van der Waals surface area contributed by atoms with Gasteiger partial charge >= 0.3 is 0 Å². The second kappa shape index (κ2) is 8.11. The Kier molecular flexibility index (Phi) is 5.64. The third-order valence-corrected chi connectivity index (χ3v) is 4.38. The molecule has 2 atom stereocenters. The topological polar surface area (TPSA) is 43.4 Å². The monoisotopic (exact) mass is 330 g/mol. The molecule has 24 heavy (non-hydrogen) atoms. The minimum Gasteiger partial charge on any atom is -0.488 e. The van der Waals surface area contributed by atoms with Crippen molar-refractivity contribution in [1.29, 1.82) is 0 Å². The van der Waals surface area contributed by atoms with Crippen molar-refractivity contribution in [2.45, 2.75) is 19.3 Å². The summed E-state index contributed by atoms with van der Waals surface area (Å²) < 4.78 is 24.7. The predicted molar refractivity (Wildman–Crippen MR) is 91.0 cm³/mol. The number of nitrogens with one attached hydrogen (secondary N) is 1. The lowest BCUT2D eigenvalue weighted by Crippen LogP contribution is -2.38. The maximum absolute atomic E-state index is 13.2. The van der Waals surface area contributed by atoms with Gasteiger partial charge in [0.25, 0.3) is 5.88 Å². The van der Waals surface area contributed by atoms with Crippen LogP contribution in [0.15, 0.2) is 42.6 Å². The maximum Gasteiger partial charge on any atom is 0.256 e. The number of piperidine rings is 1. The third kappa shape index (κ3) is 4.03. The number of aromatic nitrogens is 1. The molecule has 1 N–H and O–H groups in total. The summed E-state index contributed by atoms with van der Waals surface area (Å²) in [5.74, 6) is 1.68. The Morgan fingerprint density at radius 1 is 1.21 bits per heavy atom. The first-order valence-corrected chi connectivity index (χ1v) is 8.44. The van der Waals surface area contributed by atoms with Gasteiger partial charge in [-0.2, -0.15) is 0 Å². The minimum atomic E-state index is -0.197. The summed E-state index contributed by atoms with van der Waals surface area (Å²) >= 11 is 0. The zero-order valence-corrected chi connectivity index (χ0v) is 13.9. The molecule has 1 aromatic heterocycles. The van der Waals surface area contributed by atoms with Crippen molar-refractivity contribution in [3.8, 4) is 11.6 Å². The van der Waals surface area contributed by atoms with Gasteiger partial charge in [-0.1, -0.05) is 12.1 Å². The van der Waals surface area contributed by atoms with E-state index < -0.39 is 0 Å². The summed E-state index contributed by atoms with van der Waals surface area (Å²) in [7, 11) is 0. The fourth-order valence-corrected chi connectivity index (χ4v) is 3.17. The van der Waals surface area contributed by atoms with Crippen molar-refractivity contribution in [3.63, 3.8) is 0 Å². The third-order valence-electron chi connectivity index (χ3n) is 4.38. The van der Waals surface area contributed by atoms with Crippen LogP contribution in [0.4, 0.5) is 4.39 Å². The molecule has 1 aliphatic heterocycles. The molecule has 1 fully saturated rings. The average Bonchev–Trinajstić information content (AvgIpc) is 2.62. The van der Waals surface area contributed by atoms with Gasteiger partial charge in [0.15, 0.2) is 5.75 Å². The van der Waals surface area contributed by atoms with Crippen molar-refractivity contribution < 1.29 is 13.9 Å². The Morgan fingerprint density at radius 3 is 2.83 bits per heavy atom. The van der Waals surface area contributed by atoms with Crippen molar-refractivity contribution in [3.05, 3.63) is 54.0 Å². The Bertz CT molecular complexity index is 648. The fraction of sp³-hybridized carbons (Fsp3) is 0.421. The van der Waals surface area contributed by atoms with Gasteiger partial charge in [-0.25, -0.2) is 9.37 Å². The minimum absolute atomic E-state index is 0.197. The van der Waals surface area contributed by atoms with E-state index in [2.05, 4.69) is 10.3 Å². The molecular weight excluding hydrogens is 307 g/mol. The Labute approximate surface area is 142 Å². The Morgan fingerprint density at radius 2 is 2.04 bits per heavy atom. The molecule has 4 nitrogen and oxygen atoms in total. The standard InChI is InChI=1S/C19H23FN2O2/c1-2-23-19-18(4-3-10-22-19)24-13-15-12-21-11-9-17(15)14-5-7-16(20)8-6-14/h3-8,10,15,17,21H,2,9,11-13H2,1H3/t15-,17-/m0/s1. The van der Waals surface area contributed by atoms with Crippen LogP contribution in [0.1, 0.15) is 24.8 Å². The molecule has 0 amide bonds. The summed E-state index contributed by atoms with van der Waals surface area (Å²) in [6.45, 7) is 4.90. The first kappa shape index (κ1) is 16.7. The molecule has 1 aliphatic rings. The number of ether oxygens (including phenoxy) is 2. The molecule has 0 spiro atoms. The average molecular weight is 330 g/mol. The smallest absolute Gasteiger partial charge is 0.256 e. The molecule has 2 heterocycles. The van der Waals surface area contributed by atoms with Gasteiger partial charge in [-0.15, -0.1) is 0 Å². The van der Waals surface area contributed by atoms with E-state index in [1.165, 1.54) is 17.7 Å². The van der Waals surface area contributed by atoms with Crippen LogP contribution in [0, 0.1) is 11.7 Å². The molecule has 3 rings (SSSR count). The van der Waals surface area contributed by atoms with Crippen LogP contribution < -0.4 is 14.8 Å². The van der Waals surface area contributed by atoms with Gasteiger partial charge in [0, 0.05) is 18.7 Å². The normalized spacial score (nSPS) is 20.6. The molecular formula is C19H23FN2O2. The second-order valence-corrected chi connectivity index (χ2v) is 5.96. The summed E-state index contributed by atoms with van der Waals surface area (Å²) in [6, 6.07) is 10.5. The highest BCUT2D eigenvalue weighted by Crippen LogP contribution is 2.32. The SMILES string of the molecule is CCOc1ncccc1OC[C@@H]1CNCC[C@H]1c1ccc(F)cc1. The highest BCUT2D eigenvalue weighted by molar-refractivity contribution is 5.32. The van der Waals surface area contributed by atoms with Crippen LogP contribution in [0.2, 0.25) is 0 Å². The Hall–Kier alpha value is -2.14. The van der Waals surface area contributed by atoms with E-state index in [0.29, 0.717) is 36.7 Å². The molecule has 5 heteroatoms. The number of hydrogen-bond acceptors (Lipinski definition) is 4. The molecule has 2 aromatic rings. The lowest BCUT2D eigenvalue weighted by Gasteiger charge is -2.32. The molecule has 128 valence electrons. The Balaban J connectivity index is 1.69. The van der Waals surface area contributed by atoms with Crippen LogP contribution in [0.3, 0.4) is 0 Å². The van der Waals surface area contributed by atoms with E-state index >= 15 is 0 Å². The molecule has 0 saturated carbocycles. The van der Waals surface area contributed by atoms with Crippen LogP contribution in [0.25, 0.3) is 0 Å². The van der Waals surface area contributed by atoms with Crippen LogP contribution in [-0.2, 0) is 0 Å². The second-order valence-electron chi connectivity index (χ2n) is 5.96. The quantitative estimate of drug-likeness (QED) is 0.882. The number of rotatable bonds is 6. The maximum atomic E-state index is 13.2. The van der Waals surface area contributed by atoms with Gasteiger partial charge in [-0.3, -0.25) is 0 Å². The van der Waals surface area contributed by atoms with E-state index in [0.717, 1.165) is 19.5 Å². The van der Waals surface area contributed by atoms with Crippen molar-refractivity contribution in [1.82, 2.24) is 10.3 Å². The molecule has 0 unspecified atom stereocenters. The van der Waals surface area contributed by atoms with Gasteiger partial charge < -0.3 is 14.8 Å². The largest absolute Gasteiger partial charge is 0.488 e. The molecule has 0 aliphatic carbocycles. The van der Waals surface area contributed by atoms with E-state index in [1.54, 1.807) is 6.20 Å². The number of benzene rings is 1. The van der Waals surface area contributed by atoms with Gasteiger partial charge in [0.05, 0.1) is 13.2 Å². The lowest BCUT2D eigenvalue weighted by molar-refractivity contribution is 0.187. The number of nitrogens with zero attached hydrogens (tertiary/aromatic N) is 1. The summed E-state index contributed by atoms with van der Waals surface area (Å²) in [5, 5.41) is 3.42. The van der Waals surface area contributed by atoms with Gasteiger partial charge in [-0.05, 0) is 55.6 Å². The fourth-order valence-electron chi connectivity index (χ4n) is 3.17. The van der Waals surface area contributed by atoms with Gasteiger partial charge in [0.1, 0.15) is 5.82 Å².